The number of methoxy groups -OCH3 is 1. The molecule has 0 atom stereocenters. The van der Waals surface area contributed by atoms with Crippen LogP contribution in [0.4, 0.5) is 10.1 Å². The molecule has 0 radical (unpaired) electrons. The van der Waals surface area contributed by atoms with Gasteiger partial charge in [-0.1, -0.05) is 0 Å². The van der Waals surface area contributed by atoms with Crippen LogP contribution in [-0.2, 0) is 14.8 Å². The number of pyridine rings is 1. The summed E-state index contributed by atoms with van der Waals surface area (Å²) in [5, 5.41) is 3.10. The van der Waals surface area contributed by atoms with Gasteiger partial charge in [0.2, 0.25) is 10.0 Å². The summed E-state index contributed by atoms with van der Waals surface area (Å²) in [7, 11) is -2.18. The number of amides is 1. The average molecular weight is 417 g/mol. The molecule has 0 bridgehead atoms. The summed E-state index contributed by atoms with van der Waals surface area (Å²) in [6.45, 7) is 2.16. The summed E-state index contributed by atoms with van der Waals surface area (Å²) in [6, 6.07) is 11.4. The molecule has 0 aliphatic carbocycles. The van der Waals surface area contributed by atoms with E-state index in [2.05, 4.69) is 15.0 Å². The maximum absolute atomic E-state index is 13.6. The zero-order chi connectivity index (χ0) is 21.0. The molecule has 0 saturated heterocycles. The van der Waals surface area contributed by atoms with Crippen LogP contribution in [0.25, 0.3) is 10.9 Å². The molecule has 3 aromatic rings. The highest BCUT2D eigenvalue weighted by molar-refractivity contribution is 7.89. The lowest BCUT2D eigenvalue weighted by Gasteiger charge is -2.10. The Morgan fingerprint density at radius 2 is 1.86 bits per heavy atom. The van der Waals surface area contributed by atoms with E-state index < -0.39 is 21.7 Å². The SMILES string of the molecule is COCCNS(=O)(=O)c1ccc(NC(=O)c2cc(C)nc3ccc(F)cc23)cc1. The number of carbonyl (C=O) groups is 1. The van der Waals surface area contributed by atoms with Crippen LogP contribution in [0.2, 0.25) is 0 Å². The molecule has 0 spiro atoms. The van der Waals surface area contributed by atoms with Gasteiger partial charge in [0.25, 0.3) is 5.91 Å². The van der Waals surface area contributed by atoms with Crippen molar-refractivity contribution < 1.29 is 22.3 Å². The number of anilines is 1. The lowest BCUT2D eigenvalue weighted by molar-refractivity contribution is 0.102. The number of fused-ring (bicyclic) bond motifs is 1. The molecule has 7 nitrogen and oxygen atoms in total. The summed E-state index contributed by atoms with van der Waals surface area (Å²) in [5.74, 6) is -0.910. The van der Waals surface area contributed by atoms with Gasteiger partial charge < -0.3 is 10.1 Å². The minimum Gasteiger partial charge on any atom is -0.383 e. The van der Waals surface area contributed by atoms with Gasteiger partial charge in [-0.3, -0.25) is 9.78 Å². The van der Waals surface area contributed by atoms with Gasteiger partial charge in [0, 0.05) is 30.4 Å². The highest BCUT2D eigenvalue weighted by Gasteiger charge is 2.15. The zero-order valence-corrected chi connectivity index (χ0v) is 16.7. The molecule has 9 heteroatoms. The van der Waals surface area contributed by atoms with E-state index in [0.29, 0.717) is 22.3 Å². The maximum Gasteiger partial charge on any atom is 0.256 e. The second-order valence-corrected chi connectivity index (χ2v) is 8.11. The first kappa shape index (κ1) is 20.8. The number of aryl methyl sites for hydroxylation is 1. The van der Waals surface area contributed by atoms with E-state index in [-0.39, 0.29) is 23.6 Å². The van der Waals surface area contributed by atoms with Gasteiger partial charge >= 0.3 is 0 Å². The van der Waals surface area contributed by atoms with Gasteiger partial charge in [-0.15, -0.1) is 0 Å². The van der Waals surface area contributed by atoms with Crippen LogP contribution in [0.5, 0.6) is 0 Å². The molecule has 2 aromatic carbocycles. The molecule has 0 aliphatic heterocycles. The number of rotatable bonds is 7. The summed E-state index contributed by atoms with van der Waals surface area (Å²) < 4.78 is 45.2. The Morgan fingerprint density at radius 3 is 2.55 bits per heavy atom. The van der Waals surface area contributed by atoms with Crippen LogP contribution < -0.4 is 10.0 Å². The second-order valence-electron chi connectivity index (χ2n) is 6.34. The lowest BCUT2D eigenvalue weighted by Crippen LogP contribution is -2.27. The van der Waals surface area contributed by atoms with Crippen molar-refractivity contribution in [2.75, 3.05) is 25.6 Å². The summed E-state index contributed by atoms with van der Waals surface area (Å²) >= 11 is 0. The van der Waals surface area contributed by atoms with Crippen LogP contribution in [0.1, 0.15) is 16.1 Å². The van der Waals surface area contributed by atoms with Crippen molar-refractivity contribution in [1.29, 1.82) is 0 Å². The number of hydrogen-bond acceptors (Lipinski definition) is 5. The molecule has 0 unspecified atom stereocenters. The molecule has 0 fully saturated rings. The fraction of sp³-hybridized carbons (Fsp3) is 0.200. The number of aromatic nitrogens is 1. The van der Waals surface area contributed by atoms with Crippen molar-refractivity contribution in [3.05, 3.63) is 65.6 Å². The van der Waals surface area contributed by atoms with Gasteiger partial charge in [-0.05, 0) is 55.5 Å². The Bertz CT molecular complexity index is 1150. The van der Waals surface area contributed by atoms with Crippen LogP contribution in [-0.4, -0.2) is 39.6 Å². The van der Waals surface area contributed by atoms with Crippen LogP contribution in [0.15, 0.2) is 53.4 Å². The molecule has 152 valence electrons. The number of halogens is 1. The Kier molecular flexibility index (Phi) is 6.21. The first-order valence-corrected chi connectivity index (χ1v) is 10.3. The zero-order valence-electron chi connectivity index (χ0n) is 15.9. The first-order valence-electron chi connectivity index (χ1n) is 8.77. The third-order valence-corrected chi connectivity index (χ3v) is 5.64. The molecule has 0 saturated carbocycles. The second kappa shape index (κ2) is 8.64. The normalized spacial score (nSPS) is 11.6. The summed E-state index contributed by atoms with van der Waals surface area (Å²) in [5.41, 5.74) is 1.83. The number of carbonyl (C=O) groups excluding carboxylic acids is 1. The van der Waals surface area contributed by atoms with Crippen molar-refractivity contribution in [2.24, 2.45) is 0 Å². The Hall–Kier alpha value is -2.88. The molecule has 0 aliphatic rings. The van der Waals surface area contributed by atoms with Gasteiger partial charge in [0.15, 0.2) is 0 Å². The monoisotopic (exact) mass is 417 g/mol. The first-order chi connectivity index (χ1) is 13.8. The van der Waals surface area contributed by atoms with Crippen molar-refractivity contribution in [2.45, 2.75) is 11.8 Å². The smallest absolute Gasteiger partial charge is 0.256 e. The Morgan fingerprint density at radius 1 is 1.14 bits per heavy atom. The molecular weight excluding hydrogens is 397 g/mol. The van der Waals surface area contributed by atoms with E-state index in [1.165, 1.54) is 49.6 Å². The van der Waals surface area contributed by atoms with Gasteiger partial charge in [-0.25, -0.2) is 17.5 Å². The van der Waals surface area contributed by atoms with Crippen molar-refractivity contribution >= 4 is 32.5 Å². The highest BCUT2D eigenvalue weighted by Crippen LogP contribution is 2.22. The Balaban J connectivity index is 1.81. The molecular formula is C20H20FN3O4S. The van der Waals surface area contributed by atoms with E-state index in [9.17, 15) is 17.6 Å². The molecule has 1 amide bonds. The lowest BCUT2D eigenvalue weighted by atomic mass is 10.1. The third kappa shape index (κ3) is 4.94. The Labute approximate surface area is 168 Å². The number of ether oxygens (including phenoxy) is 1. The van der Waals surface area contributed by atoms with E-state index >= 15 is 0 Å². The fourth-order valence-corrected chi connectivity index (χ4v) is 3.81. The number of benzene rings is 2. The van der Waals surface area contributed by atoms with Crippen molar-refractivity contribution in [1.82, 2.24) is 9.71 Å². The number of hydrogen-bond donors (Lipinski definition) is 2. The predicted octanol–water partition coefficient (Wildman–Crippen LogP) is 2.86. The fourth-order valence-electron chi connectivity index (χ4n) is 2.80. The highest BCUT2D eigenvalue weighted by atomic mass is 32.2. The van der Waals surface area contributed by atoms with E-state index in [1.807, 2.05) is 0 Å². The minimum atomic E-state index is -3.66. The number of nitrogens with one attached hydrogen (secondary N) is 2. The summed E-state index contributed by atoms with van der Waals surface area (Å²) in [6.07, 6.45) is 0. The molecule has 2 N–H and O–H groups in total. The summed E-state index contributed by atoms with van der Waals surface area (Å²) in [4.78, 5) is 17.1. The van der Waals surface area contributed by atoms with Gasteiger partial charge in [0.1, 0.15) is 5.82 Å². The molecule has 29 heavy (non-hydrogen) atoms. The minimum absolute atomic E-state index is 0.0684. The molecule has 1 aromatic heterocycles. The van der Waals surface area contributed by atoms with E-state index in [0.717, 1.165) is 0 Å². The third-order valence-electron chi connectivity index (χ3n) is 4.16. The van der Waals surface area contributed by atoms with E-state index in [1.54, 1.807) is 13.0 Å². The van der Waals surface area contributed by atoms with Crippen molar-refractivity contribution in [3.63, 3.8) is 0 Å². The molecule has 3 rings (SSSR count). The maximum atomic E-state index is 13.6. The quantitative estimate of drug-likeness (QED) is 0.576. The predicted molar refractivity (Wildman–Crippen MR) is 108 cm³/mol. The van der Waals surface area contributed by atoms with Crippen molar-refractivity contribution in [3.8, 4) is 0 Å². The van der Waals surface area contributed by atoms with E-state index in [4.69, 9.17) is 4.74 Å². The largest absolute Gasteiger partial charge is 0.383 e. The topological polar surface area (TPSA) is 97.4 Å². The average Bonchev–Trinajstić information content (AvgIpc) is 2.68. The molecule has 1 heterocycles. The number of nitrogens with zero attached hydrogens (tertiary/aromatic N) is 1. The van der Waals surface area contributed by atoms with Crippen LogP contribution >= 0.6 is 0 Å². The van der Waals surface area contributed by atoms with Gasteiger partial charge in [-0.2, -0.15) is 0 Å². The van der Waals surface area contributed by atoms with Gasteiger partial charge in [0.05, 0.1) is 22.6 Å². The standard InChI is InChI=1S/C20H20FN3O4S/c1-13-11-18(17-12-14(21)3-8-19(17)23-13)20(25)24-15-4-6-16(7-5-15)29(26,27)22-9-10-28-2/h3-8,11-12,22H,9-10H2,1-2H3,(H,24,25). The number of sulfonamides is 1. The van der Waals surface area contributed by atoms with Crippen LogP contribution in [0, 0.1) is 12.7 Å². The van der Waals surface area contributed by atoms with Crippen LogP contribution in [0.3, 0.4) is 0 Å².